The molecule has 1 aromatic carbocycles. The van der Waals surface area contributed by atoms with Crippen LogP contribution in [0.5, 0.6) is 0 Å². The number of carbonyl (C=O) groups excluding carboxylic acids is 1. The van der Waals surface area contributed by atoms with E-state index >= 15 is 0 Å². The molecule has 25 heavy (non-hydrogen) atoms. The predicted octanol–water partition coefficient (Wildman–Crippen LogP) is 4.80. The van der Waals surface area contributed by atoms with Gasteiger partial charge in [-0.05, 0) is 12.5 Å². The van der Waals surface area contributed by atoms with Crippen LogP contribution in [0.25, 0.3) is 0 Å². The summed E-state index contributed by atoms with van der Waals surface area (Å²) in [7, 11) is 0. The number of anilines is 1. The van der Waals surface area contributed by atoms with Crippen LogP contribution in [0.15, 0.2) is 35.8 Å². The summed E-state index contributed by atoms with van der Waals surface area (Å²) in [5.74, 6) is 0.321. The number of hydrogen-bond acceptors (Lipinski definition) is 5. The molecule has 0 radical (unpaired) electrons. The Labute approximate surface area is 156 Å². The van der Waals surface area contributed by atoms with Crippen LogP contribution in [-0.2, 0) is 17.6 Å². The molecule has 0 atom stereocenters. The monoisotopic (exact) mass is 371 g/mol. The summed E-state index contributed by atoms with van der Waals surface area (Å²) in [5, 5.41) is 6.55. The molecule has 0 spiro atoms. The molecular formula is C19H21N3OS2. The quantitative estimate of drug-likeness (QED) is 0.677. The Balaban J connectivity index is 1.57. The van der Waals surface area contributed by atoms with Gasteiger partial charge in [0.25, 0.3) is 0 Å². The van der Waals surface area contributed by atoms with Crippen molar-refractivity contribution < 1.29 is 4.79 Å². The van der Waals surface area contributed by atoms with E-state index in [0.717, 1.165) is 22.0 Å². The normalized spacial score (nSPS) is 11.0. The molecule has 2 aromatic heterocycles. The van der Waals surface area contributed by atoms with Crippen molar-refractivity contribution in [3.63, 3.8) is 0 Å². The average Bonchev–Trinajstić information content (AvgIpc) is 3.17. The third kappa shape index (κ3) is 4.96. The Morgan fingerprint density at radius 1 is 1.32 bits per heavy atom. The van der Waals surface area contributed by atoms with Crippen LogP contribution < -0.4 is 5.32 Å². The van der Waals surface area contributed by atoms with Gasteiger partial charge in [-0.15, -0.1) is 22.7 Å². The molecule has 0 aliphatic heterocycles. The molecule has 0 unspecified atom stereocenters. The topological polar surface area (TPSA) is 54.9 Å². The Hall–Kier alpha value is -2.05. The van der Waals surface area contributed by atoms with Crippen molar-refractivity contribution in [2.24, 2.45) is 0 Å². The molecule has 3 aromatic rings. The van der Waals surface area contributed by atoms with Crippen LogP contribution in [0.3, 0.4) is 0 Å². The molecule has 0 fully saturated rings. The van der Waals surface area contributed by atoms with Crippen molar-refractivity contribution in [2.75, 3.05) is 5.32 Å². The summed E-state index contributed by atoms with van der Waals surface area (Å²) < 4.78 is 0. The van der Waals surface area contributed by atoms with Gasteiger partial charge in [-0.3, -0.25) is 4.79 Å². The molecule has 1 amide bonds. The third-order valence-corrected chi connectivity index (χ3v) is 5.77. The lowest BCUT2D eigenvalue weighted by Gasteiger charge is -2.00. The number of carbonyl (C=O) groups is 1. The van der Waals surface area contributed by atoms with E-state index in [1.807, 2.05) is 11.6 Å². The summed E-state index contributed by atoms with van der Waals surface area (Å²) in [6.45, 7) is 6.30. The summed E-state index contributed by atoms with van der Waals surface area (Å²) in [5.41, 5.74) is 3.33. The van der Waals surface area contributed by atoms with E-state index < -0.39 is 0 Å². The Morgan fingerprint density at radius 2 is 2.16 bits per heavy atom. The zero-order valence-electron chi connectivity index (χ0n) is 14.6. The molecule has 0 saturated carbocycles. The number of nitrogens with one attached hydrogen (secondary N) is 1. The second-order valence-electron chi connectivity index (χ2n) is 6.35. The number of amides is 1. The lowest BCUT2D eigenvalue weighted by Crippen LogP contribution is -2.14. The predicted molar refractivity (Wildman–Crippen MR) is 105 cm³/mol. The number of nitrogens with zero attached hydrogens (tertiary/aromatic N) is 2. The number of aryl methyl sites for hydroxylation is 1. The first-order chi connectivity index (χ1) is 12.0. The van der Waals surface area contributed by atoms with Gasteiger partial charge >= 0.3 is 0 Å². The molecule has 0 bridgehead atoms. The van der Waals surface area contributed by atoms with Crippen LogP contribution in [0, 0.1) is 6.92 Å². The van der Waals surface area contributed by atoms with Crippen molar-refractivity contribution in [3.8, 4) is 0 Å². The van der Waals surface area contributed by atoms with Gasteiger partial charge in [0.1, 0.15) is 0 Å². The molecular weight excluding hydrogens is 350 g/mol. The summed E-state index contributed by atoms with van der Waals surface area (Å²) in [6, 6.07) is 8.44. The Kier molecular flexibility index (Phi) is 5.60. The van der Waals surface area contributed by atoms with Crippen LogP contribution >= 0.6 is 22.7 Å². The van der Waals surface area contributed by atoms with Gasteiger partial charge in [0.05, 0.1) is 17.1 Å². The first-order valence-electron chi connectivity index (χ1n) is 8.24. The third-order valence-electron chi connectivity index (χ3n) is 3.67. The first-order valence-corrected chi connectivity index (χ1v) is 9.93. The zero-order chi connectivity index (χ0) is 17.8. The number of rotatable bonds is 6. The molecule has 0 saturated heterocycles. The Bertz CT molecular complexity index is 867. The maximum Gasteiger partial charge on any atom is 0.232 e. The molecule has 3 rings (SSSR count). The maximum absolute atomic E-state index is 12.2. The SMILES string of the molecule is Cc1cccc(Cc2cnc(NC(=O)Cc3csc(C(C)C)n3)s2)c1. The van der Waals surface area contributed by atoms with Crippen LogP contribution in [0.1, 0.15) is 46.5 Å². The van der Waals surface area contributed by atoms with Gasteiger partial charge in [-0.1, -0.05) is 43.7 Å². The molecule has 130 valence electrons. The van der Waals surface area contributed by atoms with E-state index in [9.17, 15) is 4.79 Å². The molecule has 0 aliphatic carbocycles. The van der Waals surface area contributed by atoms with E-state index in [1.165, 1.54) is 22.5 Å². The number of hydrogen-bond donors (Lipinski definition) is 1. The standard InChI is InChI=1S/C19H21N3OS2/c1-12(2)18-21-15(11-24-18)9-17(23)22-19-20-10-16(25-19)8-14-6-4-5-13(3)7-14/h4-7,10-12H,8-9H2,1-3H3,(H,20,22,23). The highest BCUT2D eigenvalue weighted by Crippen LogP contribution is 2.23. The van der Waals surface area contributed by atoms with Crippen LogP contribution in [0.2, 0.25) is 0 Å². The summed E-state index contributed by atoms with van der Waals surface area (Å²) in [4.78, 5) is 22.1. The number of thiazole rings is 2. The van der Waals surface area contributed by atoms with Crippen molar-refractivity contribution >= 4 is 33.7 Å². The molecule has 6 heteroatoms. The fourth-order valence-corrected chi connectivity index (χ4v) is 4.17. The fraction of sp³-hybridized carbons (Fsp3) is 0.316. The summed E-state index contributed by atoms with van der Waals surface area (Å²) >= 11 is 3.13. The number of benzene rings is 1. The van der Waals surface area contributed by atoms with E-state index in [4.69, 9.17) is 0 Å². The highest BCUT2D eigenvalue weighted by atomic mass is 32.1. The van der Waals surface area contributed by atoms with Gasteiger partial charge in [0.15, 0.2) is 5.13 Å². The molecule has 0 aliphatic rings. The lowest BCUT2D eigenvalue weighted by atomic mass is 10.1. The van der Waals surface area contributed by atoms with Gasteiger partial charge in [0.2, 0.25) is 5.91 Å². The lowest BCUT2D eigenvalue weighted by molar-refractivity contribution is -0.115. The van der Waals surface area contributed by atoms with Crippen molar-refractivity contribution in [1.29, 1.82) is 0 Å². The van der Waals surface area contributed by atoms with Gasteiger partial charge in [-0.25, -0.2) is 9.97 Å². The van der Waals surface area contributed by atoms with Gasteiger partial charge in [0, 0.05) is 28.8 Å². The second-order valence-corrected chi connectivity index (χ2v) is 8.36. The highest BCUT2D eigenvalue weighted by molar-refractivity contribution is 7.15. The van der Waals surface area contributed by atoms with Crippen LogP contribution in [-0.4, -0.2) is 15.9 Å². The molecule has 2 heterocycles. The van der Waals surface area contributed by atoms with Gasteiger partial charge in [-0.2, -0.15) is 0 Å². The highest BCUT2D eigenvalue weighted by Gasteiger charge is 2.12. The molecule has 1 N–H and O–H groups in total. The number of aromatic nitrogens is 2. The Morgan fingerprint density at radius 3 is 2.88 bits per heavy atom. The van der Waals surface area contributed by atoms with E-state index in [-0.39, 0.29) is 12.3 Å². The average molecular weight is 372 g/mol. The first kappa shape index (κ1) is 17.8. The van der Waals surface area contributed by atoms with Gasteiger partial charge < -0.3 is 5.32 Å². The molecule has 4 nitrogen and oxygen atoms in total. The van der Waals surface area contributed by atoms with E-state index in [0.29, 0.717) is 11.0 Å². The zero-order valence-corrected chi connectivity index (χ0v) is 16.2. The van der Waals surface area contributed by atoms with Crippen molar-refractivity contribution in [3.05, 3.63) is 62.5 Å². The minimum absolute atomic E-state index is 0.0722. The second kappa shape index (κ2) is 7.89. The maximum atomic E-state index is 12.2. The van der Waals surface area contributed by atoms with Crippen LogP contribution in [0.4, 0.5) is 5.13 Å². The van der Waals surface area contributed by atoms with Crippen molar-refractivity contribution in [1.82, 2.24) is 9.97 Å². The smallest absolute Gasteiger partial charge is 0.232 e. The van der Waals surface area contributed by atoms with Crippen molar-refractivity contribution in [2.45, 2.75) is 39.5 Å². The summed E-state index contributed by atoms with van der Waals surface area (Å²) in [6.07, 6.45) is 2.96. The fourth-order valence-electron chi connectivity index (χ4n) is 2.47. The van der Waals surface area contributed by atoms with E-state index in [2.05, 4.69) is 60.3 Å². The van der Waals surface area contributed by atoms with E-state index in [1.54, 1.807) is 11.3 Å². The minimum atomic E-state index is -0.0722. The largest absolute Gasteiger partial charge is 0.302 e. The minimum Gasteiger partial charge on any atom is -0.302 e.